The van der Waals surface area contributed by atoms with Crippen molar-refractivity contribution in [3.05, 3.63) is 36.3 Å². The van der Waals surface area contributed by atoms with Crippen molar-refractivity contribution in [2.45, 2.75) is 32.9 Å². The molecule has 2 heterocycles. The molecule has 2 N–H and O–H groups in total. The Morgan fingerprint density at radius 2 is 2.20 bits per heavy atom. The van der Waals surface area contributed by atoms with Crippen LogP contribution in [-0.4, -0.2) is 24.9 Å². The van der Waals surface area contributed by atoms with E-state index >= 15 is 0 Å². The van der Waals surface area contributed by atoms with E-state index in [0.717, 1.165) is 35.3 Å². The van der Waals surface area contributed by atoms with Gasteiger partial charge in [0.2, 0.25) is 0 Å². The van der Waals surface area contributed by atoms with E-state index in [0.29, 0.717) is 5.82 Å². The summed E-state index contributed by atoms with van der Waals surface area (Å²) in [6, 6.07) is 8.08. The summed E-state index contributed by atoms with van der Waals surface area (Å²) in [6.07, 6.45) is 2.28. The Morgan fingerprint density at radius 1 is 1.35 bits per heavy atom. The van der Waals surface area contributed by atoms with Crippen molar-refractivity contribution < 1.29 is 5.11 Å². The number of H-pyrrole nitrogens is 1. The molecule has 20 heavy (non-hydrogen) atoms. The van der Waals surface area contributed by atoms with Gasteiger partial charge in [0.25, 0.3) is 0 Å². The number of aliphatic hydroxyl groups excluding tert-OH is 1. The average molecular weight is 270 g/mol. The quantitative estimate of drug-likeness (QED) is 0.766. The van der Waals surface area contributed by atoms with Crippen molar-refractivity contribution in [3.63, 3.8) is 0 Å². The van der Waals surface area contributed by atoms with E-state index < -0.39 is 6.10 Å². The van der Waals surface area contributed by atoms with Gasteiger partial charge >= 0.3 is 0 Å². The molecule has 104 valence electrons. The Kier molecular flexibility index (Phi) is 3.28. The van der Waals surface area contributed by atoms with Crippen LogP contribution in [0.5, 0.6) is 0 Å². The van der Waals surface area contributed by atoms with Crippen molar-refractivity contribution in [1.82, 2.24) is 19.7 Å². The molecule has 3 rings (SSSR count). The number of nitrogens with zero attached hydrogens (tertiary/aromatic N) is 3. The van der Waals surface area contributed by atoms with E-state index in [9.17, 15) is 5.11 Å². The molecule has 2 aromatic heterocycles. The summed E-state index contributed by atoms with van der Waals surface area (Å²) >= 11 is 0. The minimum Gasteiger partial charge on any atom is -0.385 e. The van der Waals surface area contributed by atoms with Crippen LogP contribution in [0.3, 0.4) is 0 Å². The fraction of sp³-hybridized carbons (Fsp3) is 0.333. The molecule has 0 saturated heterocycles. The number of aromatic nitrogens is 4. The third-order valence-electron chi connectivity index (χ3n) is 3.34. The molecule has 1 atom stereocenters. The number of imidazole rings is 1. The number of benzene rings is 1. The van der Waals surface area contributed by atoms with E-state index in [1.807, 2.05) is 29.1 Å². The van der Waals surface area contributed by atoms with Gasteiger partial charge in [-0.15, -0.1) is 0 Å². The van der Waals surface area contributed by atoms with Crippen molar-refractivity contribution in [2.75, 3.05) is 0 Å². The number of hydrogen-bond acceptors (Lipinski definition) is 3. The molecule has 1 unspecified atom stereocenters. The largest absolute Gasteiger partial charge is 0.385 e. The third-order valence-corrected chi connectivity index (χ3v) is 3.34. The molecule has 1 aromatic carbocycles. The molecular weight excluding hydrogens is 252 g/mol. The molecule has 5 heteroatoms. The first-order valence-electron chi connectivity index (χ1n) is 6.89. The molecule has 0 spiro atoms. The number of fused-ring (bicyclic) bond motifs is 1. The van der Waals surface area contributed by atoms with Crippen LogP contribution in [0.4, 0.5) is 0 Å². The molecule has 0 radical (unpaired) electrons. The van der Waals surface area contributed by atoms with E-state index in [1.165, 1.54) is 0 Å². The van der Waals surface area contributed by atoms with Gasteiger partial charge in [0.05, 0.1) is 16.7 Å². The second kappa shape index (κ2) is 5.09. The molecule has 0 amide bonds. The highest BCUT2D eigenvalue weighted by molar-refractivity contribution is 5.81. The molecule has 3 aromatic rings. The Morgan fingerprint density at radius 3 is 2.95 bits per heavy atom. The lowest BCUT2D eigenvalue weighted by Crippen LogP contribution is -2.00. The van der Waals surface area contributed by atoms with Gasteiger partial charge in [-0.05, 0) is 31.5 Å². The normalized spacial score (nSPS) is 12.9. The lowest BCUT2D eigenvalue weighted by Gasteiger charge is -2.06. The van der Waals surface area contributed by atoms with Crippen LogP contribution in [0, 0.1) is 0 Å². The van der Waals surface area contributed by atoms with Gasteiger partial charge in [-0.25, -0.2) is 4.98 Å². The first kappa shape index (κ1) is 12.9. The number of nitrogens with one attached hydrogen (secondary N) is 1. The maximum atomic E-state index is 9.58. The highest BCUT2D eigenvalue weighted by atomic mass is 16.3. The molecule has 5 nitrogen and oxygen atoms in total. The Balaban J connectivity index is 2.05. The van der Waals surface area contributed by atoms with Crippen LogP contribution < -0.4 is 0 Å². The van der Waals surface area contributed by atoms with E-state index in [2.05, 4.69) is 28.1 Å². The van der Waals surface area contributed by atoms with E-state index in [4.69, 9.17) is 0 Å². The lowest BCUT2D eigenvalue weighted by molar-refractivity contribution is 0.190. The van der Waals surface area contributed by atoms with Gasteiger partial charge in [-0.3, -0.25) is 4.68 Å². The SMILES string of the molecule is CCCn1nccc1-c1ccc2nc(C(C)O)[nH]c2c1. The van der Waals surface area contributed by atoms with Crippen LogP contribution in [0.1, 0.15) is 32.2 Å². The number of aryl methyl sites for hydroxylation is 1. The molecule has 0 fully saturated rings. The second-order valence-electron chi connectivity index (χ2n) is 4.97. The number of rotatable bonds is 4. The first-order valence-corrected chi connectivity index (χ1v) is 6.89. The van der Waals surface area contributed by atoms with Gasteiger partial charge in [0.1, 0.15) is 11.9 Å². The predicted octanol–water partition coefficient (Wildman–Crippen LogP) is 2.89. The van der Waals surface area contributed by atoms with Gasteiger partial charge in [-0.2, -0.15) is 5.10 Å². The maximum absolute atomic E-state index is 9.58. The van der Waals surface area contributed by atoms with Gasteiger partial charge in [0, 0.05) is 18.3 Å². The monoisotopic (exact) mass is 270 g/mol. The van der Waals surface area contributed by atoms with Crippen molar-refractivity contribution in [1.29, 1.82) is 0 Å². The smallest absolute Gasteiger partial charge is 0.135 e. The molecule has 0 saturated carbocycles. The highest BCUT2D eigenvalue weighted by Crippen LogP contribution is 2.24. The fourth-order valence-corrected chi connectivity index (χ4v) is 2.35. The van der Waals surface area contributed by atoms with Crippen molar-refractivity contribution >= 4 is 11.0 Å². The maximum Gasteiger partial charge on any atom is 0.135 e. The summed E-state index contributed by atoms with van der Waals surface area (Å²) in [5, 5.41) is 13.9. The third kappa shape index (κ3) is 2.20. The summed E-state index contributed by atoms with van der Waals surface area (Å²) in [6.45, 7) is 4.75. The van der Waals surface area contributed by atoms with Crippen molar-refractivity contribution in [2.24, 2.45) is 0 Å². The van der Waals surface area contributed by atoms with Crippen LogP contribution in [0.2, 0.25) is 0 Å². The molecule has 0 aliphatic heterocycles. The zero-order chi connectivity index (χ0) is 14.1. The number of aromatic amines is 1. The predicted molar refractivity (Wildman–Crippen MR) is 78.2 cm³/mol. The molecule has 0 bridgehead atoms. The average Bonchev–Trinajstić information content (AvgIpc) is 3.04. The summed E-state index contributed by atoms with van der Waals surface area (Å²) in [5.74, 6) is 0.596. The van der Waals surface area contributed by atoms with Gasteiger partial charge in [0.15, 0.2) is 0 Å². The minimum atomic E-state index is -0.587. The minimum absolute atomic E-state index is 0.587. The second-order valence-corrected chi connectivity index (χ2v) is 4.97. The van der Waals surface area contributed by atoms with E-state index in [-0.39, 0.29) is 0 Å². The number of aliphatic hydroxyl groups is 1. The standard InChI is InChI=1S/C15H18N4O/c1-3-8-19-14(6-7-16-19)11-4-5-12-13(9-11)18-15(17-12)10(2)20/h4-7,9-10,20H,3,8H2,1-2H3,(H,17,18). The number of hydrogen-bond donors (Lipinski definition) is 2. The fourth-order valence-electron chi connectivity index (χ4n) is 2.35. The molecular formula is C15H18N4O. The lowest BCUT2D eigenvalue weighted by atomic mass is 10.1. The van der Waals surface area contributed by atoms with Gasteiger partial charge < -0.3 is 10.1 Å². The topological polar surface area (TPSA) is 66.7 Å². The molecule has 0 aliphatic carbocycles. The van der Waals surface area contributed by atoms with Crippen LogP contribution >= 0.6 is 0 Å². The van der Waals surface area contributed by atoms with Crippen LogP contribution in [0.15, 0.2) is 30.5 Å². The first-order chi connectivity index (χ1) is 9.69. The zero-order valence-corrected chi connectivity index (χ0v) is 11.7. The summed E-state index contributed by atoms with van der Waals surface area (Å²) in [5.41, 5.74) is 4.00. The van der Waals surface area contributed by atoms with E-state index in [1.54, 1.807) is 6.92 Å². The Hall–Kier alpha value is -2.14. The highest BCUT2D eigenvalue weighted by Gasteiger charge is 2.10. The van der Waals surface area contributed by atoms with Gasteiger partial charge in [-0.1, -0.05) is 13.0 Å². The van der Waals surface area contributed by atoms with Crippen LogP contribution in [-0.2, 0) is 6.54 Å². The summed E-state index contributed by atoms with van der Waals surface area (Å²) in [7, 11) is 0. The summed E-state index contributed by atoms with van der Waals surface area (Å²) < 4.78 is 2.01. The zero-order valence-electron chi connectivity index (χ0n) is 11.7. The Bertz CT molecular complexity index is 726. The van der Waals surface area contributed by atoms with Crippen molar-refractivity contribution in [3.8, 4) is 11.3 Å². The Labute approximate surface area is 117 Å². The molecule has 0 aliphatic rings. The summed E-state index contributed by atoms with van der Waals surface area (Å²) in [4.78, 5) is 7.52. The van der Waals surface area contributed by atoms with Crippen LogP contribution in [0.25, 0.3) is 22.3 Å².